The Labute approximate surface area is 308 Å². The van der Waals surface area contributed by atoms with Gasteiger partial charge in [0.15, 0.2) is 10.3 Å². The molecule has 2 unspecified atom stereocenters. The summed E-state index contributed by atoms with van der Waals surface area (Å²) in [5.74, 6) is -1.50. The van der Waals surface area contributed by atoms with Crippen molar-refractivity contribution in [2.75, 3.05) is 22.9 Å². The number of allylic oxidation sites excluding steroid dienone is 3. The lowest BCUT2D eigenvalue weighted by Gasteiger charge is -2.26. The second-order valence-corrected chi connectivity index (χ2v) is 14.4. The summed E-state index contributed by atoms with van der Waals surface area (Å²) in [5.41, 5.74) is 1.36. The lowest BCUT2D eigenvalue weighted by atomic mass is 10.2. The van der Waals surface area contributed by atoms with E-state index in [1.807, 2.05) is 0 Å². The molecule has 2 amide bonds. The number of carbonyl (C=O) groups excluding carboxylic acids is 2. The fourth-order valence-corrected chi connectivity index (χ4v) is 8.17. The molecular formula is C31H34Cl2F6N8O2S2. The van der Waals surface area contributed by atoms with Crippen LogP contribution in [0.2, 0.25) is 10.3 Å². The first-order valence-electron chi connectivity index (χ1n) is 15.2. The largest absolute Gasteiger partial charge is 0.390 e. The number of aromatic nitrogens is 5. The monoisotopic (exact) mass is 798 g/mol. The van der Waals surface area contributed by atoms with Gasteiger partial charge in [-0.3, -0.25) is 19.6 Å². The van der Waals surface area contributed by atoms with Crippen LogP contribution < -0.4 is 9.80 Å². The van der Waals surface area contributed by atoms with Crippen LogP contribution in [0.4, 0.5) is 37.7 Å². The number of amides is 2. The molecule has 3 aromatic heterocycles. The molecule has 0 aliphatic rings. The van der Waals surface area contributed by atoms with Crippen LogP contribution in [0.1, 0.15) is 46.5 Å². The van der Waals surface area contributed by atoms with Gasteiger partial charge >= 0.3 is 12.4 Å². The second-order valence-electron chi connectivity index (χ2n) is 10.8. The number of hydrogen-bond acceptors (Lipinski definition) is 8. The maximum absolute atomic E-state index is 13.7. The van der Waals surface area contributed by atoms with Crippen molar-refractivity contribution in [2.24, 2.45) is 4.99 Å². The third-order valence-electron chi connectivity index (χ3n) is 6.97. The Hall–Kier alpha value is -3.48. The minimum atomic E-state index is -4.74. The van der Waals surface area contributed by atoms with Crippen molar-refractivity contribution >= 4 is 80.4 Å². The van der Waals surface area contributed by atoms with Crippen molar-refractivity contribution < 1.29 is 35.9 Å². The van der Waals surface area contributed by atoms with E-state index in [1.165, 1.54) is 40.4 Å². The Kier molecular flexibility index (Phi) is 15.5. The molecule has 0 bridgehead atoms. The summed E-state index contributed by atoms with van der Waals surface area (Å²) in [6.45, 7) is 8.23. The molecule has 0 N–H and O–H groups in total. The molecule has 51 heavy (non-hydrogen) atoms. The van der Waals surface area contributed by atoms with E-state index in [0.717, 1.165) is 9.80 Å². The first kappa shape index (κ1) is 41.9. The van der Waals surface area contributed by atoms with Gasteiger partial charge in [0.25, 0.3) is 0 Å². The number of nitrogens with zero attached hydrogens (tertiary/aromatic N) is 8. The van der Waals surface area contributed by atoms with Crippen molar-refractivity contribution in [1.82, 2.24) is 24.5 Å². The smallest absolute Gasteiger partial charge is 0.308 e. The van der Waals surface area contributed by atoms with E-state index in [1.54, 1.807) is 45.1 Å². The van der Waals surface area contributed by atoms with Crippen molar-refractivity contribution in [2.45, 2.75) is 69.3 Å². The highest BCUT2D eigenvalue weighted by Gasteiger charge is 2.38. The zero-order valence-electron chi connectivity index (χ0n) is 27.5. The number of alkyl halides is 6. The maximum atomic E-state index is 13.7. The number of aliphatic imine (C=N–C) groups is 1. The van der Waals surface area contributed by atoms with Crippen LogP contribution in [-0.2, 0) is 9.59 Å². The van der Waals surface area contributed by atoms with Gasteiger partial charge in [-0.2, -0.15) is 36.5 Å². The summed E-state index contributed by atoms with van der Waals surface area (Å²) in [5, 5.41) is 5.14. The summed E-state index contributed by atoms with van der Waals surface area (Å²) in [7, 11) is 0.961. The van der Waals surface area contributed by atoms with Gasteiger partial charge in [-0.05, 0) is 51.8 Å². The normalized spacial score (nSPS) is 13.7. The fraction of sp³-hybridized carbons (Fsp3) is 0.419. The number of hydrogen-bond donors (Lipinski definition) is 0. The lowest BCUT2D eigenvalue weighted by Crippen LogP contribution is -2.34. The van der Waals surface area contributed by atoms with Crippen molar-refractivity contribution in [3.8, 4) is 5.69 Å². The van der Waals surface area contributed by atoms with Crippen molar-refractivity contribution in [1.29, 1.82) is 0 Å². The van der Waals surface area contributed by atoms with Crippen LogP contribution in [0.5, 0.6) is 0 Å². The molecule has 3 rings (SSSR count). The number of halogens is 8. The summed E-state index contributed by atoms with van der Waals surface area (Å²) in [4.78, 5) is 36.7. The van der Waals surface area contributed by atoms with E-state index >= 15 is 0 Å². The van der Waals surface area contributed by atoms with E-state index in [9.17, 15) is 35.9 Å². The zero-order valence-corrected chi connectivity index (χ0v) is 30.7. The molecule has 0 spiro atoms. The average molecular weight is 800 g/mol. The van der Waals surface area contributed by atoms with Gasteiger partial charge in [-0.15, -0.1) is 0 Å². The Morgan fingerprint density at radius 2 is 1.47 bits per heavy atom. The molecule has 0 radical (unpaired) electrons. The van der Waals surface area contributed by atoms with Crippen LogP contribution >= 0.6 is 44.8 Å². The van der Waals surface area contributed by atoms with E-state index < -0.39 is 60.4 Å². The lowest BCUT2D eigenvalue weighted by molar-refractivity contribution is -0.137. The minimum absolute atomic E-state index is 0.0157. The highest BCUT2D eigenvalue weighted by molar-refractivity contribution is 8.77. The van der Waals surface area contributed by atoms with Crippen LogP contribution in [0.25, 0.3) is 11.4 Å². The Morgan fingerprint density at radius 3 is 1.94 bits per heavy atom. The van der Waals surface area contributed by atoms with Crippen LogP contribution in [-0.4, -0.2) is 79.0 Å². The van der Waals surface area contributed by atoms with Gasteiger partial charge in [0.2, 0.25) is 11.8 Å². The second kappa shape index (κ2) is 18.8. The summed E-state index contributed by atoms with van der Waals surface area (Å²) in [6.07, 6.45) is -3.26. The molecule has 10 nitrogen and oxygen atoms in total. The van der Waals surface area contributed by atoms with Gasteiger partial charge < -0.3 is 9.80 Å². The van der Waals surface area contributed by atoms with Gasteiger partial charge in [-0.25, -0.2) is 9.36 Å². The molecular weight excluding hydrogens is 765 g/mol. The van der Waals surface area contributed by atoms with Gasteiger partial charge in [0, 0.05) is 54.5 Å². The van der Waals surface area contributed by atoms with E-state index in [4.69, 9.17) is 23.2 Å². The highest BCUT2D eigenvalue weighted by atomic mass is 35.5. The van der Waals surface area contributed by atoms with E-state index in [-0.39, 0.29) is 34.8 Å². The molecule has 0 aliphatic heterocycles. The minimum Gasteiger partial charge on any atom is -0.308 e. The Morgan fingerprint density at radius 1 is 0.941 bits per heavy atom. The quantitative estimate of drug-likeness (QED) is 0.0582. The van der Waals surface area contributed by atoms with E-state index in [0.29, 0.717) is 33.0 Å². The maximum Gasteiger partial charge on any atom is 0.390 e. The first-order chi connectivity index (χ1) is 24.0. The average Bonchev–Trinajstić information content (AvgIpc) is 3.62. The molecule has 20 heteroatoms. The molecule has 0 saturated carbocycles. The Balaban J connectivity index is 1.80. The number of carbonyl (C=O) groups is 2. The molecule has 278 valence electrons. The molecule has 0 aromatic carbocycles. The third kappa shape index (κ3) is 12.9. The van der Waals surface area contributed by atoms with Crippen LogP contribution in [0, 0.1) is 0 Å². The zero-order chi connectivity index (χ0) is 37.9. The molecule has 0 aliphatic carbocycles. The Bertz CT molecular complexity index is 1700. The predicted octanol–water partition coefficient (Wildman–Crippen LogP) is 9.06. The molecule has 3 heterocycles. The van der Waals surface area contributed by atoms with E-state index in [2.05, 4.69) is 26.9 Å². The summed E-state index contributed by atoms with van der Waals surface area (Å²) >= 11 is 12.6. The number of rotatable bonds is 17. The third-order valence-corrected chi connectivity index (χ3v) is 10.8. The van der Waals surface area contributed by atoms with Crippen LogP contribution in [0.3, 0.4) is 0 Å². The van der Waals surface area contributed by atoms with Gasteiger partial charge in [0.05, 0.1) is 37.1 Å². The van der Waals surface area contributed by atoms with Gasteiger partial charge in [0.1, 0.15) is 11.4 Å². The van der Waals surface area contributed by atoms with Gasteiger partial charge in [-0.1, -0.05) is 44.8 Å². The predicted molar refractivity (Wildman–Crippen MR) is 192 cm³/mol. The number of pyridine rings is 1. The standard InChI is InChI=1S/C31H34Cl2F6N8O2S2/c1-5-44(24-18-46(42-28(24)32)20(3)9-7-11-40-4)26(48)13-22(15-30(34,35)36)50-51-23(16-31(37,38)39)14-27(49)45(6-2)25-19-47(43-29(25)33)21-10-8-12-41-17-21/h7-12,17-19,22-23H,4-6,13-16H2,1-3H3/b11-7-,20-9+. The summed E-state index contributed by atoms with van der Waals surface area (Å²) in [6, 6.07) is 3.32. The highest BCUT2D eigenvalue weighted by Crippen LogP contribution is 2.43. The topological polar surface area (TPSA) is 102 Å². The molecule has 3 aromatic rings. The molecule has 0 fully saturated rings. The number of anilines is 2. The SMILES string of the molecule is C=N/C=C\C=C(/C)n1cc(N(CC)C(=O)CC(CC(F)(F)F)SSC(CC(=O)N(CC)c2cn(-c3cccnc3)nc2Cl)CC(F)(F)F)c(Cl)n1. The first-order valence-corrected chi connectivity index (χ1v) is 18.3. The molecule has 2 atom stereocenters. The van der Waals surface area contributed by atoms with Crippen LogP contribution in [0.15, 0.2) is 60.3 Å². The fourth-order valence-electron chi connectivity index (χ4n) is 4.70. The molecule has 0 saturated heterocycles. The van der Waals surface area contributed by atoms with Crippen molar-refractivity contribution in [3.63, 3.8) is 0 Å². The summed E-state index contributed by atoms with van der Waals surface area (Å²) < 4.78 is 84.8. The van der Waals surface area contributed by atoms with Crippen molar-refractivity contribution in [3.05, 3.63) is 65.6 Å².